The van der Waals surface area contributed by atoms with Gasteiger partial charge in [-0.2, -0.15) is 0 Å². The van der Waals surface area contributed by atoms with E-state index in [0.717, 1.165) is 17.3 Å². The fourth-order valence-corrected chi connectivity index (χ4v) is 3.70. The first-order valence-electron chi connectivity index (χ1n) is 9.97. The van der Waals surface area contributed by atoms with Crippen molar-refractivity contribution in [1.82, 2.24) is 10.2 Å². The molecule has 3 aromatic carbocycles. The first-order valence-corrected chi connectivity index (χ1v) is 11.3. The number of nitrogens with zero attached hydrogens (tertiary/aromatic N) is 2. The van der Waals surface area contributed by atoms with Gasteiger partial charge >= 0.3 is 0 Å². The summed E-state index contributed by atoms with van der Waals surface area (Å²) in [4.78, 5) is 24.9. The van der Waals surface area contributed by atoms with Crippen molar-refractivity contribution in [2.45, 2.75) is 12.1 Å². The van der Waals surface area contributed by atoms with E-state index in [9.17, 15) is 9.59 Å². The Bertz CT molecular complexity index is 1290. The number of amides is 2. The third-order valence-electron chi connectivity index (χ3n) is 4.61. The number of aromatic nitrogens is 2. The van der Waals surface area contributed by atoms with Crippen LogP contribution in [0.25, 0.3) is 11.5 Å². The molecule has 7 nitrogen and oxygen atoms in total. The molecule has 0 aliphatic rings. The maximum absolute atomic E-state index is 12.4. The van der Waals surface area contributed by atoms with Crippen LogP contribution in [0.4, 0.5) is 11.4 Å². The Balaban J connectivity index is 1.35. The first kappa shape index (κ1) is 22.6. The van der Waals surface area contributed by atoms with Crippen LogP contribution in [0.5, 0.6) is 0 Å². The van der Waals surface area contributed by atoms with Gasteiger partial charge in [-0.05, 0) is 55.0 Å². The Morgan fingerprint density at radius 1 is 0.970 bits per heavy atom. The molecule has 166 valence electrons. The molecule has 0 saturated carbocycles. The minimum Gasteiger partial charge on any atom is -0.411 e. The van der Waals surface area contributed by atoms with Crippen molar-refractivity contribution >= 4 is 46.6 Å². The van der Waals surface area contributed by atoms with Crippen molar-refractivity contribution in [3.63, 3.8) is 0 Å². The zero-order valence-electron chi connectivity index (χ0n) is 17.5. The number of hydrogen-bond acceptors (Lipinski definition) is 6. The zero-order chi connectivity index (χ0) is 23.2. The van der Waals surface area contributed by atoms with Crippen molar-refractivity contribution in [2.24, 2.45) is 0 Å². The molecule has 9 heteroatoms. The van der Waals surface area contributed by atoms with Crippen LogP contribution in [0.1, 0.15) is 15.9 Å². The highest BCUT2D eigenvalue weighted by atomic mass is 35.5. The van der Waals surface area contributed by atoms with E-state index in [1.54, 1.807) is 54.6 Å². The molecule has 0 aliphatic heterocycles. The maximum atomic E-state index is 12.4. The van der Waals surface area contributed by atoms with Crippen molar-refractivity contribution in [3.8, 4) is 11.5 Å². The van der Waals surface area contributed by atoms with E-state index in [2.05, 4.69) is 20.8 Å². The minimum absolute atomic E-state index is 0.0801. The van der Waals surface area contributed by atoms with Gasteiger partial charge in [-0.15, -0.1) is 10.2 Å². The van der Waals surface area contributed by atoms with E-state index in [1.807, 2.05) is 25.1 Å². The molecule has 0 saturated heterocycles. The van der Waals surface area contributed by atoms with Crippen molar-refractivity contribution in [1.29, 1.82) is 0 Å². The average molecular weight is 479 g/mol. The smallest absolute Gasteiger partial charge is 0.277 e. The van der Waals surface area contributed by atoms with Crippen LogP contribution in [-0.2, 0) is 4.79 Å². The summed E-state index contributed by atoms with van der Waals surface area (Å²) < 4.78 is 5.60. The number of benzene rings is 3. The Kier molecular flexibility index (Phi) is 7.07. The van der Waals surface area contributed by atoms with E-state index in [4.69, 9.17) is 16.0 Å². The molecule has 0 bridgehead atoms. The first-order chi connectivity index (χ1) is 16.0. The van der Waals surface area contributed by atoms with Gasteiger partial charge in [-0.1, -0.05) is 53.7 Å². The van der Waals surface area contributed by atoms with Crippen LogP contribution in [0.15, 0.2) is 82.4 Å². The summed E-state index contributed by atoms with van der Waals surface area (Å²) in [7, 11) is 0. The van der Waals surface area contributed by atoms with Gasteiger partial charge in [0, 0.05) is 27.5 Å². The third-order valence-corrected chi connectivity index (χ3v) is 5.66. The van der Waals surface area contributed by atoms with E-state index < -0.39 is 0 Å². The Morgan fingerprint density at radius 3 is 2.58 bits per heavy atom. The summed E-state index contributed by atoms with van der Waals surface area (Å²) in [6.07, 6.45) is 0. The molecule has 0 fully saturated rings. The molecule has 0 atom stereocenters. The summed E-state index contributed by atoms with van der Waals surface area (Å²) in [6.45, 7) is 1.88. The van der Waals surface area contributed by atoms with Crippen LogP contribution >= 0.6 is 23.4 Å². The number of aryl methyl sites for hydroxylation is 1. The van der Waals surface area contributed by atoms with E-state index in [-0.39, 0.29) is 22.8 Å². The summed E-state index contributed by atoms with van der Waals surface area (Å²) in [6, 6.07) is 21.4. The Hall–Kier alpha value is -3.62. The average Bonchev–Trinajstić information content (AvgIpc) is 3.30. The largest absolute Gasteiger partial charge is 0.411 e. The molecule has 1 aromatic heterocycles. The predicted octanol–water partition coefficient (Wildman–Crippen LogP) is 5.68. The number of anilines is 2. The van der Waals surface area contributed by atoms with Gasteiger partial charge in [0.25, 0.3) is 11.1 Å². The molecular weight excluding hydrogens is 460 g/mol. The lowest BCUT2D eigenvalue weighted by atomic mass is 10.1. The second-order valence-electron chi connectivity index (χ2n) is 7.07. The van der Waals surface area contributed by atoms with E-state index in [1.165, 1.54) is 0 Å². The lowest BCUT2D eigenvalue weighted by molar-refractivity contribution is -0.113. The number of carbonyl (C=O) groups excluding carboxylic acids is 2. The summed E-state index contributed by atoms with van der Waals surface area (Å²) in [5.41, 5.74) is 3.33. The van der Waals surface area contributed by atoms with Crippen molar-refractivity contribution < 1.29 is 14.0 Å². The molecule has 0 unspecified atom stereocenters. The monoisotopic (exact) mass is 478 g/mol. The highest BCUT2D eigenvalue weighted by Gasteiger charge is 2.13. The highest BCUT2D eigenvalue weighted by Crippen LogP contribution is 2.26. The number of nitrogens with one attached hydrogen (secondary N) is 2. The summed E-state index contributed by atoms with van der Waals surface area (Å²) >= 11 is 7.12. The zero-order valence-corrected chi connectivity index (χ0v) is 19.1. The molecular formula is C24H19ClN4O3S. The molecule has 0 spiro atoms. The van der Waals surface area contributed by atoms with Crippen molar-refractivity contribution in [3.05, 3.63) is 88.9 Å². The topological polar surface area (TPSA) is 97.1 Å². The fourth-order valence-electron chi connectivity index (χ4n) is 2.95. The Labute approximate surface area is 199 Å². The molecule has 0 radical (unpaired) electrons. The number of carbonyl (C=O) groups is 2. The second-order valence-corrected chi connectivity index (χ2v) is 8.43. The molecule has 4 rings (SSSR count). The fraction of sp³-hybridized carbons (Fsp3) is 0.0833. The van der Waals surface area contributed by atoms with Gasteiger partial charge in [-0.25, -0.2) is 0 Å². The van der Waals surface area contributed by atoms with Crippen LogP contribution in [-0.4, -0.2) is 27.8 Å². The van der Waals surface area contributed by atoms with Gasteiger partial charge in [0.1, 0.15) is 0 Å². The number of hydrogen-bond donors (Lipinski definition) is 2. The minimum atomic E-state index is -0.244. The van der Waals surface area contributed by atoms with E-state index in [0.29, 0.717) is 33.4 Å². The normalized spacial score (nSPS) is 10.6. The number of thioether (sulfide) groups is 1. The standard InChI is InChI=1S/C24H19ClN4O3S/c1-15-10-11-19(13-20(15)27-22(31)16-6-3-2-4-7-16)26-21(30)14-33-24-29-28-23(32-24)17-8-5-9-18(25)12-17/h2-13H,14H2,1H3,(H,26,30)(H,27,31). The van der Waals surface area contributed by atoms with Gasteiger partial charge in [0.15, 0.2) is 0 Å². The molecule has 33 heavy (non-hydrogen) atoms. The molecule has 1 heterocycles. The summed E-state index contributed by atoms with van der Waals surface area (Å²) in [5.74, 6) is -0.0504. The van der Waals surface area contributed by atoms with Crippen LogP contribution in [0.2, 0.25) is 5.02 Å². The third kappa shape index (κ3) is 6.00. The lowest BCUT2D eigenvalue weighted by Crippen LogP contribution is -2.15. The van der Waals surface area contributed by atoms with Gasteiger partial charge in [0.05, 0.1) is 5.75 Å². The van der Waals surface area contributed by atoms with Crippen molar-refractivity contribution in [2.75, 3.05) is 16.4 Å². The predicted molar refractivity (Wildman–Crippen MR) is 130 cm³/mol. The van der Waals surface area contributed by atoms with Crippen LogP contribution in [0.3, 0.4) is 0 Å². The maximum Gasteiger partial charge on any atom is 0.277 e. The molecule has 2 amide bonds. The molecule has 0 aliphatic carbocycles. The van der Waals surface area contributed by atoms with E-state index >= 15 is 0 Å². The number of rotatable bonds is 7. The SMILES string of the molecule is Cc1ccc(NC(=O)CSc2nnc(-c3cccc(Cl)c3)o2)cc1NC(=O)c1ccccc1. The van der Waals surface area contributed by atoms with Crippen LogP contribution < -0.4 is 10.6 Å². The highest BCUT2D eigenvalue weighted by molar-refractivity contribution is 7.99. The summed E-state index contributed by atoms with van der Waals surface area (Å²) in [5, 5.41) is 14.5. The van der Waals surface area contributed by atoms with Crippen LogP contribution in [0, 0.1) is 6.92 Å². The molecule has 2 N–H and O–H groups in total. The van der Waals surface area contributed by atoms with Gasteiger partial charge in [-0.3, -0.25) is 9.59 Å². The number of halogens is 1. The van der Waals surface area contributed by atoms with Gasteiger partial charge in [0.2, 0.25) is 11.8 Å². The molecule has 4 aromatic rings. The Morgan fingerprint density at radius 2 is 1.79 bits per heavy atom. The lowest BCUT2D eigenvalue weighted by Gasteiger charge is -2.11. The van der Waals surface area contributed by atoms with Gasteiger partial charge < -0.3 is 15.1 Å². The second kappa shape index (κ2) is 10.3. The quantitative estimate of drug-likeness (QED) is 0.331.